The minimum Gasteiger partial charge on any atom is -0.497 e. The Balaban J connectivity index is 2.19. The van der Waals surface area contributed by atoms with Crippen LogP contribution >= 0.6 is 0 Å². The van der Waals surface area contributed by atoms with Gasteiger partial charge in [-0.05, 0) is 31.2 Å². The topological polar surface area (TPSA) is 61.4 Å². The molecule has 0 radical (unpaired) electrons. The summed E-state index contributed by atoms with van der Waals surface area (Å²) in [5, 5.41) is 7.79. The third kappa shape index (κ3) is 1.77. The van der Waals surface area contributed by atoms with E-state index in [-0.39, 0.29) is 5.56 Å². The molecule has 2 heterocycles. The highest BCUT2D eigenvalue weighted by molar-refractivity contribution is 5.42. The molecule has 0 fully saturated rings. The molecule has 0 atom stereocenters. The lowest BCUT2D eigenvalue weighted by atomic mass is 10.3. The van der Waals surface area contributed by atoms with Crippen LogP contribution in [0.4, 0.5) is 0 Å². The van der Waals surface area contributed by atoms with E-state index in [9.17, 15) is 4.79 Å². The molecule has 0 spiro atoms. The fraction of sp³-hybridized carbons (Fsp3) is 0.154. The first-order valence-electron chi connectivity index (χ1n) is 5.78. The molecular weight excluding hydrogens is 244 g/mol. The van der Waals surface area contributed by atoms with Crippen molar-refractivity contribution in [1.82, 2.24) is 19.2 Å². The molecule has 0 bridgehead atoms. The van der Waals surface area contributed by atoms with Crippen LogP contribution in [0, 0.1) is 6.92 Å². The van der Waals surface area contributed by atoms with E-state index < -0.39 is 0 Å². The van der Waals surface area contributed by atoms with Crippen LogP contribution in [0.1, 0.15) is 5.82 Å². The highest BCUT2D eigenvalue weighted by atomic mass is 16.5. The van der Waals surface area contributed by atoms with Gasteiger partial charge in [-0.3, -0.25) is 13.8 Å². The van der Waals surface area contributed by atoms with Gasteiger partial charge in [-0.1, -0.05) is 0 Å². The molecule has 6 heteroatoms. The minimum absolute atomic E-state index is 0.201. The van der Waals surface area contributed by atoms with Crippen molar-refractivity contribution in [3.8, 4) is 11.4 Å². The van der Waals surface area contributed by atoms with Gasteiger partial charge in [0.1, 0.15) is 11.6 Å². The molecule has 0 aliphatic heterocycles. The van der Waals surface area contributed by atoms with E-state index in [1.807, 2.05) is 12.1 Å². The van der Waals surface area contributed by atoms with Crippen molar-refractivity contribution >= 4 is 5.65 Å². The van der Waals surface area contributed by atoms with E-state index in [1.165, 1.54) is 4.57 Å². The molecule has 19 heavy (non-hydrogen) atoms. The zero-order chi connectivity index (χ0) is 13.4. The average Bonchev–Trinajstić information content (AvgIpc) is 2.82. The highest BCUT2D eigenvalue weighted by Gasteiger charge is 2.08. The van der Waals surface area contributed by atoms with Crippen LogP contribution in [-0.2, 0) is 0 Å². The second kappa shape index (κ2) is 4.24. The number of rotatable bonds is 2. The van der Waals surface area contributed by atoms with Crippen LogP contribution in [0.15, 0.2) is 41.5 Å². The SMILES string of the molecule is COc1ccc(-n2ccn3c(C)nnc3c2=O)cc1. The first kappa shape index (κ1) is 11.5. The molecule has 1 aromatic carbocycles. The van der Waals surface area contributed by atoms with Gasteiger partial charge >= 0.3 is 5.56 Å². The minimum atomic E-state index is -0.201. The van der Waals surface area contributed by atoms with Gasteiger partial charge in [0.2, 0.25) is 5.65 Å². The van der Waals surface area contributed by atoms with Crippen molar-refractivity contribution in [3.05, 3.63) is 52.8 Å². The Kier molecular flexibility index (Phi) is 2.56. The van der Waals surface area contributed by atoms with Gasteiger partial charge in [-0.25, -0.2) is 0 Å². The van der Waals surface area contributed by atoms with Crippen LogP contribution in [0.2, 0.25) is 0 Å². The number of hydrogen-bond donors (Lipinski definition) is 0. The van der Waals surface area contributed by atoms with Crippen molar-refractivity contribution in [2.45, 2.75) is 6.92 Å². The number of aromatic nitrogens is 4. The van der Waals surface area contributed by atoms with Crippen LogP contribution in [-0.4, -0.2) is 26.3 Å². The van der Waals surface area contributed by atoms with Gasteiger partial charge in [0, 0.05) is 18.1 Å². The molecule has 3 rings (SSSR count). The maximum absolute atomic E-state index is 12.3. The normalized spacial score (nSPS) is 10.8. The second-order valence-electron chi connectivity index (χ2n) is 4.11. The third-order valence-corrected chi connectivity index (χ3v) is 2.99. The maximum Gasteiger partial charge on any atom is 0.300 e. The summed E-state index contributed by atoms with van der Waals surface area (Å²) < 4.78 is 8.29. The second-order valence-corrected chi connectivity index (χ2v) is 4.11. The predicted octanol–water partition coefficient (Wildman–Crippen LogP) is 1.20. The summed E-state index contributed by atoms with van der Waals surface area (Å²) in [7, 11) is 1.60. The quantitative estimate of drug-likeness (QED) is 0.691. The third-order valence-electron chi connectivity index (χ3n) is 2.99. The van der Waals surface area contributed by atoms with Gasteiger partial charge in [0.05, 0.1) is 7.11 Å². The Morgan fingerprint density at radius 1 is 1.11 bits per heavy atom. The molecule has 0 N–H and O–H groups in total. The first-order chi connectivity index (χ1) is 9.20. The molecule has 0 amide bonds. The van der Waals surface area contributed by atoms with Crippen LogP contribution in [0.3, 0.4) is 0 Å². The Morgan fingerprint density at radius 2 is 1.84 bits per heavy atom. The largest absolute Gasteiger partial charge is 0.497 e. The van der Waals surface area contributed by atoms with Crippen molar-refractivity contribution in [2.75, 3.05) is 7.11 Å². The predicted molar refractivity (Wildman–Crippen MR) is 69.9 cm³/mol. The lowest BCUT2D eigenvalue weighted by Gasteiger charge is -2.07. The summed E-state index contributed by atoms with van der Waals surface area (Å²) in [5.74, 6) is 1.44. The summed E-state index contributed by atoms with van der Waals surface area (Å²) >= 11 is 0. The number of hydrogen-bond acceptors (Lipinski definition) is 4. The van der Waals surface area contributed by atoms with E-state index in [1.54, 1.807) is 43.0 Å². The Hall–Kier alpha value is -2.63. The van der Waals surface area contributed by atoms with Gasteiger partial charge in [0.25, 0.3) is 0 Å². The molecule has 3 aromatic rings. The smallest absolute Gasteiger partial charge is 0.300 e. The van der Waals surface area contributed by atoms with Gasteiger partial charge in [-0.15, -0.1) is 10.2 Å². The Labute approximate surface area is 108 Å². The van der Waals surface area contributed by atoms with E-state index in [4.69, 9.17) is 4.74 Å². The number of methoxy groups -OCH3 is 1. The molecule has 96 valence electrons. The monoisotopic (exact) mass is 256 g/mol. The van der Waals surface area contributed by atoms with Crippen LogP contribution in [0.5, 0.6) is 5.75 Å². The summed E-state index contributed by atoms with van der Waals surface area (Å²) in [6, 6.07) is 7.25. The number of aryl methyl sites for hydroxylation is 1. The summed E-state index contributed by atoms with van der Waals surface area (Å²) in [5.41, 5.74) is 0.873. The van der Waals surface area contributed by atoms with Crippen molar-refractivity contribution in [2.24, 2.45) is 0 Å². The van der Waals surface area contributed by atoms with Gasteiger partial charge < -0.3 is 4.74 Å². The zero-order valence-corrected chi connectivity index (χ0v) is 10.6. The van der Waals surface area contributed by atoms with E-state index in [2.05, 4.69) is 10.2 Å². The molecule has 0 aliphatic rings. The van der Waals surface area contributed by atoms with Crippen molar-refractivity contribution in [3.63, 3.8) is 0 Å². The van der Waals surface area contributed by atoms with Crippen molar-refractivity contribution < 1.29 is 4.74 Å². The van der Waals surface area contributed by atoms with E-state index in [0.717, 1.165) is 11.4 Å². The van der Waals surface area contributed by atoms with Gasteiger partial charge in [-0.2, -0.15) is 0 Å². The number of ether oxygens (including phenoxy) is 1. The molecule has 0 aliphatic carbocycles. The highest BCUT2D eigenvalue weighted by Crippen LogP contribution is 2.13. The van der Waals surface area contributed by atoms with Crippen molar-refractivity contribution in [1.29, 1.82) is 0 Å². The lowest BCUT2D eigenvalue weighted by molar-refractivity contribution is 0.414. The van der Waals surface area contributed by atoms with Crippen LogP contribution < -0.4 is 10.3 Å². The summed E-state index contributed by atoms with van der Waals surface area (Å²) in [4.78, 5) is 12.3. The molecule has 2 aromatic heterocycles. The number of benzene rings is 1. The van der Waals surface area contributed by atoms with E-state index in [0.29, 0.717) is 11.5 Å². The fourth-order valence-corrected chi connectivity index (χ4v) is 1.95. The molecule has 0 saturated carbocycles. The maximum atomic E-state index is 12.3. The Morgan fingerprint density at radius 3 is 2.53 bits per heavy atom. The van der Waals surface area contributed by atoms with Crippen LogP contribution in [0.25, 0.3) is 11.3 Å². The lowest BCUT2D eigenvalue weighted by Crippen LogP contribution is -2.20. The molecule has 6 nitrogen and oxygen atoms in total. The standard InChI is InChI=1S/C13H12N4O2/c1-9-14-15-12-13(18)17(8-7-16(9)12)10-3-5-11(19-2)6-4-10/h3-8H,1-2H3. The number of fused-ring (bicyclic) bond motifs is 1. The summed E-state index contributed by atoms with van der Waals surface area (Å²) in [6.07, 6.45) is 3.48. The Bertz CT molecular complexity index is 787. The van der Waals surface area contributed by atoms with E-state index >= 15 is 0 Å². The zero-order valence-electron chi connectivity index (χ0n) is 10.6. The number of nitrogens with zero attached hydrogens (tertiary/aromatic N) is 4. The first-order valence-corrected chi connectivity index (χ1v) is 5.78. The fourth-order valence-electron chi connectivity index (χ4n) is 1.95. The molecule has 0 unspecified atom stereocenters. The molecule has 0 saturated heterocycles. The van der Waals surface area contributed by atoms with Gasteiger partial charge in [0.15, 0.2) is 0 Å². The average molecular weight is 256 g/mol. The summed E-state index contributed by atoms with van der Waals surface area (Å²) in [6.45, 7) is 1.80. The molecular formula is C13H12N4O2.